The van der Waals surface area contributed by atoms with Gasteiger partial charge in [0.1, 0.15) is 17.0 Å². The second kappa shape index (κ2) is 6.48. The zero-order valence-corrected chi connectivity index (χ0v) is 15.1. The van der Waals surface area contributed by atoms with Crippen molar-refractivity contribution < 1.29 is 9.21 Å². The summed E-state index contributed by atoms with van der Waals surface area (Å²) in [5.74, 6) is -0.286. The SMILES string of the molecule is O=C(Nc1nc(-c2ccc(Cl)s2)cs1)c1csc(-c2ccoc2)n1. The molecule has 0 bridgehead atoms. The van der Waals surface area contributed by atoms with Crippen molar-refractivity contribution in [2.75, 3.05) is 5.32 Å². The van der Waals surface area contributed by atoms with Crippen molar-refractivity contribution in [3.05, 3.63) is 51.5 Å². The molecule has 0 radical (unpaired) electrons. The van der Waals surface area contributed by atoms with E-state index in [9.17, 15) is 4.79 Å². The lowest BCUT2D eigenvalue weighted by Crippen LogP contribution is -2.12. The smallest absolute Gasteiger partial charge is 0.276 e. The summed E-state index contributed by atoms with van der Waals surface area (Å²) < 4.78 is 5.74. The third kappa shape index (κ3) is 3.13. The van der Waals surface area contributed by atoms with Gasteiger partial charge in [-0.1, -0.05) is 11.6 Å². The summed E-state index contributed by atoms with van der Waals surface area (Å²) in [5.41, 5.74) is 2.00. The van der Waals surface area contributed by atoms with Crippen molar-refractivity contribution in [3.63, 3.8) is 0 Å². The van der Waals surface area contributed by atoms with E-state index >= 15 is 0 Å². The van der Waals surface area contributed by atoms with Gasteiger partial charge in [0, 0.05) is 16.3 Å². The highest BCUT2D eigenvalue weighted by molar-refractivity contribution is 7.20. The first-order valence-corrected chi connectivity index (χ1v) is 9.65. The van der Waals surface area contributed by atoms with Gasteiger partial charge in [0.05, 0.1) is 21.2 Å². The largest absolute Gasteiger partial charge is 0.472 e. The number of carbonyl (C=O) groups excluding carboxylic acids is 1. The first-order valence-electron chi connectivity index (χ1n) is 6.70. The summed E-state index contributed by atoms with van der Waals surface area (Å²) >= 11 is 10.1. The quantitative estimate of drug-likeness (QED) is 0.497. The molecule has 0 atom stereocenters. The third-order valence-corrected chi connectivity index (χ3v) is 5.96. The lowest BCUT2D eigenvalue weighted by molar-refractivity contribution is 0.102. The van der Waals surface area contributed by atoms with E-state index in [1.54, 1.807) is 24.0 Å². The number of nitrogens with one attached hydrogen (secondary N) is 1. The predicted octanol–water partition coefficient (Wildman–Crippen LogP) is 5.49. The van der Waals surface area contributed by atoms with Crippen LogP contribution in [0.2, 0.25) is 4.34 Å². The van der Waals surface area contributed by atoms with Crippen molar-refractivity contribution in [2.45, 2.75) is 0 Å². The van der Waals surface area contributed by atoms with Crippen molar-refractivity contribution in [1.82, 2.24) is 9.97 Å². The van der Waals surface area contributed by atoms with Crippen LogP contribution in [0.5, 0.6) is 0 Å². The number of halogens is 1. The molecule has 0 saturated carbocycles. The molecule has 4 rings (SSSR count). The van der Waals surface area contributed by atoms with Gasteiger partial charge in [-0.3, -0.25) is 10.1 Å². The molecule has 0 unspecified atom stereocenters. The minimum absolute atomic E-state index is 0.286. The molecule has 0 fully saturated rings. The van der Waals surface area contributed by atoms with Gasteiger partial charge in [-0.15, -0.1) is 34.0 Å². The molecule has 1 amide bonds. The first-order chi connectivity index (χ1) is 11.7. The normalized spacial score (nSPS) is 10.9. The number of hydrogen-bond acceptors (Lipinski definition) is 7. The van der Waals surface area contributed by atoms with Crippen LogP contribution in [0.25, 0.3) is 21.1 Å². The van der Waals surface area contributed by atoms with Crippen LogP contribution in [-0.2, 0) is 0 Å². The standard InChI is InChI=1S/C15H8ClN3O2S3/c16-12-2-1-11(24-12)9-6-23-15(18-9)19-13(20)10-7-22-14(17-10)8-3-4-21-5-8/h1-7H,(H,18,19,20). The average Bonchev–Trinajstić information content (AvgIpc) is 3.34. The van der Waals surface area contributed by atoms with Gasteiger partial charge in [-0.05, 0) is 18.2 Å². The van der Waals surface area contributed by atoms with E-state index in [4.69, 9.17) is 16.0 Å². The zero-order valence-electron chi connectivity index (χ0n) is 11.9. The number of aromatic nitrogens is 2. The van der Waals surface area contributed by atoms with Crippen LogP contribution in [-0.4, -0.2) is 15.9 Å². The molecule has 0 saturated heterocycles. The van der Waals surface area contributed by atoms with Gasteiger partial charge in [-0.2, -0.15) is 0 Å². The molecule has 9 heteroatoms. The van der Waals surface area contributed by atoms with Crippen molar-refractivity contribution in [1.29, 1.82) is 0 Å². The summed E-state index contributed by atoms with van der Waals surface area (Å²) in [4.78, 5) is 22.0. The first kappa shape index (κ1) is 15.5. The number of hydrogen-bond donors (Lipinski definition) is 1. The molecule has 4 heterocycles. The fourth-order valence-corrected chi connectivity index (χ4v) is 4.52. The molecule has 0 spiro atoms. The van der Waals surface area contributed by atoms with E-state index in [2.05, 4.69) is 15.3 Å². The maximum Gasteiger partial charge on any atom is 0.276 e. The van der Waals surface area contributed by atoms with Crippen LogP contribution in [0.15, 0.2) is 45.9 Å². The molecule has 4 aromatic heterocycles. The van der Waals surface area contributed by atoms with Crippen molar-refractivity contribution >= 4 is 56.7 Å². The highest BCUT2D eigenvalue weighted by Gasteiger charge is 2.15. The topological polar surface area (TPSA) is 68.0 Å². The second-order valence-electron chi connectivity index (χ2n) is 4.65. The van der Waals surface area contributed by atoms with Crippen LogP contribution in [0, 0.1) is 0 Å². The number of thiophene rings is 1. The van der Waals surface area contributed by atoms with Gasteiger partial charge in [0.2, 0.25) is 0 Å². The van der Waals surface area contributed by atoms with Crippen LogP contribution in [0.4, 0.5) is 5.13 Å². The van der Waals surface area contributed by atoms with Gasteiger partial charge >= 0.3 is 0 Å². The van der Waals surface area contributed by atoms with Gasteiger partial charge in [-0.25, -0.2) is 9.97 Å². The molecule has 1 N–H and O–H groups in total. The van der Waals surface area contributed by atoms with E-state index in [0.717, 1.165) is 21.1 Å². The minimum atomic E-state index is -0.286. The minimum Gasteiger partial charge on any atom is -0.472 e. The fourth-order valence-electron chi connectivity index (χ4n) is 1.95. The lowest BCUT2D eigenvalue weighted by atomic mass is 10.3. The van der Waals surface area contributed by atoms with Crippen molar-refractivity contribution in [3.8, 4) is 21.1 Å². The molecule has 0 aliphatic rings. The van der Waals surface area contributed by atoms with Crippen LogP contribution in [0.3, 0.4) is 0 Å². The number of anilines is 1. The highest BCUT2D eigenvalue weighted by atomic mass is 35.5. The van der Waals surface area contributed by atoms with Gasteiger partial charge < -0.3 is 4.42 Å². The molecule has 120 valence electrons. The van der Waals surface area contributed by atoms with Crippen molar-refractivity contribution in [2.24, 2.45) is 0 Å². The summed E-state index contributed by atoms with van der Waals surface area (Å²) in [6, 6.07) is 5.54. The second-order valence-corrected chi connectivity index (χ2v) is 8.08. The third-order valence-electron chi connectivity index (χ3n) is 3.06. The number of rotatable bonds is 4. The Morgan fingerprint density at radius 1 is 1.17 bits per heavy atom. The van der Waals surface area contributed by atoms with E-state index < -0.39 is 0 Å². The number of nitrogens with zero attached hydrogens (tertiary/aromatic N) is 2. The van der Waals surface area contributed by atoms with E-state index in [1.165, 1.54) is 34.0 Å². The summed E-state index contributed by atoms with van der Waals surface area (Å²) in [6.07, 6.45) is 3.17. The zero-order chi connectivity index (χ0) is 16.5. The maximum absolute atomic E-state index is 12.3. The predicted molar refractivity (Wildman–Crippen MR) is 98.2 cm³/mol. The number of carbonyl (C=O) groups is 1. The Kier molecular flexibility index (Phi) is 4.19. The monoisotopic (exact) mass is 393 g/mol. The molecule has 0 aliphatic heterocycles. The molecule has 0 aromatic carbocycles. The Morgan fingerprint density at radius 3 is 2.83 bits per heavy atom. The summed E-state index contributed by atoms with van der Waals surface area (Å²) in [6.45, 7) is 0. The Hall–Kier alpha value is -2.00. The number of thiazole rings is 2. The molecule has 24 heavy (non-hydrogen) atoms. The maximum atomic E-state index is 12.3. The molecule has 4 aromatic rings. The fraction of sp³-hybridized carbons (Fsp3) is 0. The highest BCUT2D eigenvalue weighted by Crippen LogP contribution is 2.33. The van der Waals surface area contributed by atoms with Crippen LogP contribution < -0.4 is 5.32 Å². The Morgan fingerprint density at radius 2 is 2.08 bits per heavy atom. The van der Waals surface area contributed by atoms with Crippen LogP contribution in [0.1, 0.15) is 10.5 Å². The summed E-state index contributed by atoms with van der Waals surface area (Å²) in [7, 11) is 0. The van der Waals surface area contributed by atoms with E-state index in [1.807, 2.05) is 17.5 Å². The Labute approximate surface area is 153 Å². The van der Waals surface area contributed by atoms with E-state index in [-0.39, 0.29) is 5.91 Å². The van der Waals surface area contributed by atoms with Gasteiger partial charge in [0.15, 0.2) is 5.13 Å². The molecular weight excluding hydrogens is 386 g/mol. The molecule has 5 nitrogen and oxygen atoms in total. The lowest BCUT2D eigenvalue weighted by Gasteiger charge is -1.97. The number of furan rings is 1. The average molecular weight is 394 g/mol. The van der Waals surface area contributed by atoms with E-state index in [0.29, 0.717) is 15.2 Å². The molecule has 0 aliphatic carbocycles. The molecular formula is C15H8ClN3O2S3. The number of amides is 1. The van der Waals surface area contributed by atoms with Gasteiger partial charge in [0.25, 0.3) is 5.91 Å². The summed E-state index contributed by atoms with van der Waals surface area (Å²) in [5, 5.41) is 7.64. The van der Waals surface area contributed by atoms with Crippen LogP contribution >= 0.6 is 45.6 Å². The Bertz CT molecular complexity index is 987. The Balaban J connectivity index is 1.49.